The molecule has 3 aromatic carbocycles. The van der Waals surface area contributed by atoms with Gasteiger partial charge in [-0.1, -0.05) is 37.3 Å². The Kier molecular flexibility index (Phi) is 11.4. The van der Waals surface area contributed by atoms with Gasteiger partial charge in [-0.2, -0.15) is 4.31 Å². The molecule has 0 unspecified atom stereocenters. The van der Waals surface area contributed by atoms with E-state index >= 15 is 0 Å². The number of rotatable bonds is 14. The summed E-state index contributed by atoms with van der Waals surface area (Å²) in [5.41, 5.74) is 2.55. The van der Waals surface area contributed by atoms with Crippen LogP contribution in [0.25, 0.3) is 0 Å². The second-order valence-electron chi connectivity index (χ2n) is 10.8. The molecule has 1 aliphatic rings. The molecule has 3 N–H and O–H groups in total. The molecule has 0 saturated carbocycles. The first-order chi connectivity index (χ1) is 20.6. The summed E-state index contributed by atoms with van der Waals surface area (Å²) in [5.74, 6) is -2.16. The number of nitrogens with zero attached hydrogens (tertiary/aromatic N) is 1. The molecule has 1 fully saturated rings. The average molecular weight is 616 g/mol. The highest BCUT2D eigenvalue weighted by Crippen LogP contribution is 2.27. The van der Waals surface area contributed by atoms with Crippen LogP contribution in [0.3, 0.4) is 0 Å². The van der Waals surface area contributed by atoms with Crippen LogP contribution < -0.4 is 10.6 Å². The third-order valence-electron chi connectivity index (χ3n) is 7.63. The van der Waals surface area contributed by atoms with Gasteiger partial charge in [0.25, 0.3) is 5.91 Å². The molecule has 1 amide bonds. The predicted molar refractivity (Wildman–Crippen MR) is 160 cm³/mol. The minimum absolute atomic E-state index is 0.0246. The van der Waals surface area contributed by atoms with Crippen molar-refractivity contribution in [2.75, 3.05) is 26.8 Å². The van der Waals surface area contributed by atoms with Crippen LogP contribution in [0.4, 0.5) is 8.78 Å². The van der Waals surface area contributed by atoms with Crippen LogP contribution in [0, 0.1) is 11.6 Å². The number of benzene rings is 3. The van der Waals surface area contributed by atoms with Crippen LogP contribution in [-0.2, 0) is 34.1 Å². The van der Waals surface area contributed by atoms with Crippen LogP contribution in [0.1, 0.15) is 46.8 Å². The zero-order chi connectivity index (χ0) is 31.0. The molecule has 0 spiro atoms. The number of aryl methyl sites for hydroxylation is 1. The maximum absolute atomic E-state index is 13.9. The monoisotopic (exact) mass is 615 g/mol. The lowest BCUT2D eigenvalue weighted by Gasteiger charge is -2.26. The minimum Gasteiger partial charge on any atom is -0.390 e. The van der Waals surface area contributed by atoms with Gasteiger partial charge in [-0.15, -0.1) is 0 Å². The highest BCUT2D eigenvalue weighted by atomic mass is 32.2. The van der Waals surface area contributed by atoms with E-state index in [1.807, 2.05) is 18.2 Å². The quantitative estimate of drug-likeness (QED) is 0.255. The van der Waals surface area contributed by atoms with Gasteiger partial charge in [0.1, 0.15) is 11.6 Å². The van der Waals surface area contributed by atoms with E-state index in [0.29, 0.717) is 25.9 Å². The number of hydrogen-bond donors (Lipinski definition) is 3. The number of halogens is 2. The maximum Gasteiger partial charge on any atom is 0.251 e. The molecule has 0 bridgehead atoms. The number of amides is 1. The van der Waals surface area contributed by atoms with Crippen molar-refractivity contribution in [1.29, 1.82) is 0 Å². The van der Waals surface area contributed by atoms with E-state index in [4.69, 9.17) is 4.74 Å². The number of hydrogen-bond acceptors (Lipinski definition) is 6. The molecule has 0 radical (unpaired) electrons. The Morgan fingerprint density at radius 1 is 1.05 bits per heavy atom. The van der Waals surface area contributed by atoms with Gasteiger partial charge in [0.15, 0.2) is 0 Å². The van der Waals surface area contributed by atoms with Crippen molar-refractivity contribution < 1.29 is 31.8 Å². The Bertz CT molecular complexity index is 1480. The SMILES string of the molecule is CCc1cccc(CNC[C@@H](O)[C@H](Cc2cc(F)cc(F)c2)NC(=O)c2cccc(S(=O)(=O)N3CCC[C@@H]3COC)c2)c1. The molecular weight excluding hydrogens is 576 g/mol. The van der Waals surface area contributed by atoms with Gasteiger partial charge in [-0.25, -0.2) is 17.2 Å². The van der Waals surface area contributed by atoms with E-state index in [1.165, 1.54) is 41.2 Å². The summed E-state index contributed by atoms with van der Waals surface area (Å²) in [5, 5.41) is 17.1. The largest absolute Gasteiger partial charge is 0.390 e. The number of nitrogens with one attached hydrogen (secondary N) is 2. The molecule has 8 nitrogen and oxygen atoms in total. The molecule has 43 heavy (non-hydrogen) atoms. The van der Waals surface area contributed by atoms with Crippen molar-refractivity contribution in [3.8, 4) is 0 Å². The Morgan fingerprint density at radius 3 is 2.49 bits per heavy atom. The highest BCUT2D eigenvalue weighted by molar-refractivity contribution is 7.89. The molecule has 232 valence electrons. The van der Waals surface area contributed by atoms with Crippen molar-refractivity contribution >= 4 is 15.9 Å². The molecule has 1 aliphatic heterocycles. The predicted octanol–water partition coefficient (Wildman–Crippen LogP) is 3.82. The lowest BCUT2D eigenvalue weighted by Crippen LogP contribution is -2.48. The van der Waals surface area contributed by atoms with Gasteiger partial charge in [0.05, 0.1) is 23.6 Å². The van der Waals surface area contributed by atoms with Gasteiger partial charge in [0.2, 0.25) is 10.0 Å². The molecule has 3 atom stereocenters. The molecule has 0 aromatic heterocycles. The number of aliphatic hydroxyl groups is 1. The molecule has 1 saturated heterocycles. The molecule has 3 aromatic rings. The van der Waals surface area contributed by atoms with Crippen LogP contribution in [0.2, 0.25) is 0 Å². The summed E-state index contributed by atoms with van der Waals surface area (Å²) in [6.45, 7) is 3.26. The van der Waals surface area contributed by atoms with Gasteiger partial charge < -0.3 is 20.5 Å². The van der Waals surface area contributed by atoms with Gasteiger partial charge >= 0.3 is 0 Å². The van der Waals surface area contributed by atoms with Crippen molar-refractivity contribution in [1.82, 2.24) is 14.9 Å². The third-order valence-corrected chi connectivity index (χ3v) is 9.57. The number of carbonyl (C=O) groups is 1. The summed E-state index contributed by atoms with van der Waals surface area (Å²) in [7, 11) is -2.36. The van der Waals surface area contributed by atoms with E-state index in [0.717, 1.165) is 30.2 Å². The number of carbonyl (C=O) groups excluding carboxylic acids is 1. The molecule has 0 aliphatic carbocycles. The Balaban J connectivity index is 1.51. The number of ether oxygens (including phenoxy) is 1. The lowest BCUT2D eigenvalue weighted by molar-refractivity contribution is 0.0829. The van der Waals surface area contributed by atoms with E-state index in [2.05, 4.69) is 23.6 Å². The van der Waals surface area contributed by atoms with Crippen LogP contribution >= 0.6 is 0 Å². The van der Waals surface area contributed by atoms with Crippen molar-refractivity contribution in [3.05, 3.63) is 101 Å². The zero-order valence-electron chi connectivity index (χ0n) is 24.4. The van der Waals surface area contributed by atoms with Crippen molar-refractivity contribution in [2.45, 2.75) is 62.2 Å². The number of sulfonamides is 1. The Labute approximate surface area is 252 Å². The number of aliphatic hydroxyl groups excluding tert-OH is 1. The Morgan fingerprint density at radius 2 is 1.77 bits per heavy atom. The van der Waals surface area contributed by atoms with E-state index in [-0.39, 0.29) is 41.6 Å². The smallest absolute Gasteiger partial charge is 0.251 e. The molecule has 11 heteroatoms. The zero-order valence-corrected chi connectivity index (χ0v) is 25.2. The summed E-state index contributed by atoms with van der Waals surface area (Å²) < 4.78 is 61.3. The fourth-order valence-electron chi connectivity index (χ4n) is 5.40. The summed E-state index contributed by atoms with van der Waals surface area (Å²) in [6.07, 6.45) is 1.11. The molecule has 1 heterocycles. The highest BCUT2D eigenvalue weighted by Gasteiger charge is 2.35. The third kappa shape index (κ3) is 8.67. The Hall–Kier alpha value is -3.22. The fourth-order valence-corrected chi connectivity index (χ4v) is 7.13. The van der Waals surface area contributed by atoms with Gasteiger partial charge in [0, 0.05) is 44.4 Å². The van der Waals surface area contributed by atoms with Crippen LogP contribution in [-0.4, -0.2) is 68.7 Å². The molecule has 4 rings (SSSR count). The summed E-state index contributed by atoms with van der Waals surface area (Å²) in [4.78, 5) is 13.4. The first-order valence-electron chi connectivity index (χ1n) is 14.4. The van der Waals surface area contributed by atoms with Crippen LogP contribution in [0.15, 0.2) is 71.6 Å². The first-order valence-corrected chi connectivity index (χ1v) is 15.9. The molecular formula is C32H39F2N3O5S. The van der Waals surface area contributed by atoms with E-state index in [9.17, 15) is 27.1 Å². The summed E-state index contributed by atoms with van der Waals surface area (Å²) >= 11 is 0. The maximum atomic E-state index is 13.9. The second-order valence-corrected chi connectivity index (χ2v) is 12.7. The average Bonchev–Trinajstić information content (AvgIpc) is 3.46. The van der Waals surface area contributed by atoms with Gasteiger partial charge in [-0.05, 0) is 72.7 Å². The lowest BCUT2D eigenvalue weighted by atomic mass is 10.00. The van der Waals surface area contributed by atoms with Crippen molar-refractivity contribution in [2.24, 2.45) is 0 Å². The standard InChI is InChI=1S/C32H39F2N3O5S/c1-3-22-7-4-8-23(13-22)19-35-20-31(38)30(16-24-14-26(33)18-27(34)15-24)36-32(39)25-9-5-11-29(17-25)43(40,41)37-12-6-10-28(37)21-42-2/h4-5,7-9,11,13-15,17-18,28,30-31,35,38H,3,6,10,12,16,19-21H2,1-2H3,(H,36,39)/t28-,30+,31-/m1/s1. The van der Waals surface area contributed by atoms with Crippen molar-refractivity contribution in [3.63, 3.8) is 0 Å². The minimum atomic E-state index is -3.88. The summed E-state index contributed by atoms with van der Waals surface area (Å²) in [6, 6.07) is 15.6. The van der Waals surface area contributed by atoms with Gasteiger partial charge in [-0.3, -0.25) is 4.79 Å². The topological polar surface area (TPSA) is 108 Å². The van der Waals surface area contributed by atoms with E-state index < -0.39 is 39.7 Å². The van der Waals surface area contributed by atoms with E-state index in [1.54, 1.807) is 0 Å². The first kappa shape index (κ1) is 32.7. The second kappa shape index (κ2) is 15.0. The van der Waals surface area contributed by atoms with Crippen LogP contribution in [0.5, 0.6) is 0 Å². The fraction of sp³-hybridized carbons (Fsp3) is 0.406. The number of methoxy groups -OCH3 is 1. The normalized spacial score (nSPS) is 17.1.